The molecule has 0 aromatic heterocycles. The van der Waals surface area contributed by atoms with Crippen molar-refractivity contribution in [3.8, 4) is 0 Å². The van der Waals surface area contributed by atoms with Crippen LogP contribution >= 0.6 is 0 Å². The van der Waals surface area contributed by atoms with Gasteiger partial charge >= 0.3 is 0 Å². The molecular weight excluding hydrogens is 402 g/mol. The van der Waals surface area contributed by atoms with Gasteiger partial charge in [-0.2, -0.15) is 0 Å². The number of ether oxygens (including phenoxy) is 1. The van der Waals surface area contributed by atoms with Crippen molar-refractivity contribution in [1.82, 2.24) is 9.62 Å². The Bertz CT molecular complexity index is 985. The first-order chi connectivity index (χ1) is 13.8. The highest BCUT2D eigenvalue weighted by atomic mass is 32.2. The Kier molecular flexibility index (Phi) is 6.30. The lowest BCUT2D eigenvalue weighted by molar-refractivity contribution is 0.0770. The fourth-order valence-electron chi connectivity index (χ4n) is 3.46. The Morgan fingerprint density at radius 2 is 1.93 bits per heavy atom. The van der Waals surface area contributed by atoms with Gasteiger partial charge in [0.15, 0.2) is 0 Å². The van der Waals surface area contributed by atoms with Crippen molar-refractivity contribution in [2.45, 2.75) is 23.3 Å². The van der Waals surface area contributed by atoms with Gasteiger partial charge in [0.1, 0.15) is 11.6 Å². The second kappa shape index (κ2) is 8.56. The molecule has 2 aromatic carbocycles. The minimum absolute atomic E-state index is 0.0536. The van der Waals surface area contributed by atoms with Crippen molar-refractivity contribution in [3.05, 3.63) is 65.7 Å². The van der Waals surface area contributed by atoms with Crippen molar-refractivity contribution in [2.75, 3.05) is 26.8 Å². The van der Waals surface area contributed by atoms with Crippen molar-refractivity contribution in [3.63, 3.8) is 0 Å². The highest BCUT2D eigenvalue weighted by Gasteiger charge is 2.43. The summed E-state index contributed by atoms with van der Waals surface area (Å²) >= 11 is 0. The molecular formula is C20H22F2N2O4S. The maximum absolute atomic E-state index is 14.0. The first-order valence-electron chi connectivity index (χ1n) is 9.09. The summed E-state index contributed by atoms with van der Waals surface area (Å²) in [4.78, 5) is 14.2. The zero-order valence-electron chi connectivity index (χ0n) is 15.9. The molecule has 1 atom stereocenters. The van der Waals surface area contributed by atoms with Gasteiger partial charge in [0.05, 0.1) is 16.0 Å². The van der Waals surface area contributed by atoms with E-state index in [0.717, 1.165) is 12.1 Å². The predicted molar refractivity (Wildman–Crippen MR) is 103 cm³/mol. The highest BCUT2D eigenvalue weighted by Crippen LogP contribution is 2.29. The third kappa shape index (κ3) is 4.80. The minimum atomic E-state index is -3.83. The number of nitrogens with zero attached hydrogens (tertiary/aromatic N) is 1. The van der Waals surface area contributed by atoms with Crippen LogP contribution in [0.25, 0.3) is 0 Å². The van der Waals surface area contributed by atoms with Gasteiger partial charge in [-0.05, 0) is 37.1 Å². The van der Waals surface area contributed by atoms with Crippen LogP contribution in [0.1, 0.15) is 23.2 Å². The molecule has 9 heteroatoms. The Balaban J connectivity index is 1.83. The molecule has 156 valence electrons. The maximum Gasteiger partial charge on any atom is 0.256 e. The second-order valence-corrected chi connectivity index (χ2v) is 8.72. The van der Waals surface area contributed by atoms with E-state index < -0.39 is 33.1 Å². The van der Waals surface area contributed by atoms with E-state index in [1.165, 1.54) is 24.1 Å². The number of carbonyl (C=O) groups excluding carboxylic acids is 1. The average molecular weight is 424 g/mol. The Labute approximate surface area is 168 Å². The summed E-state index contributed by atoms with van der Waals surface area (Å²) in [5.41, 5.74) is -1.20. The zero-order valence-corrected chi connectivity index (χ0v) is 16.7. The van der Waals surface area contributed by atoms with Crippen LogP contribution in [0.15, 0.2) is 53.4 Å². The van der Waals surface area contributed by atoms with Gasteiger partial charge in [-0.25, -0.2) is 21.9 Å². The van der Waals surface area contributed by atoms with Crippen molar-refractivity contribution >= 4 is 15.9 Å². The Morgan fingerprint density at radius 1 is 1.21 bits per heavy atom. The summed E-state index contributed by atoms with van der Waals surface area (Å²) in [7, 11) is -2.32. The van der Waals surface area contributed by atoms with Crippen LogP contribution < -0.4 is 4.72 Å². The van der Waals surface area contributed by atoms with Gasteiger partial charge in [-0.3, -0.25) is 4.79 Å². The van der Waals surface area contributed by atoms with Crippen molar-refractivity contribution < 1.29 is 26.7 Å². The van der Waals surface area contributed by atoms with E-state index in [-0.39, 0.29) is 30.2 Å². The molecule has 0 saturated carbocycles. The molecule has 1 aliphatic rings. The lowest BCUT2D eigenvalue weighted by Gasteiger charge is -2.30. The molecule has 1 aliphatic heterocycles. The standard InChI is InChI=1S/C20H22F2N2O4S/c1-28-12-10-20(23-29(26,27)16-5-3-2-4-6-16)9-11-24(14-20)19(25)17-8-7-15(21)13-18(17)22/h2-8,13,23H,9-12,14H2,1H3. The van der Waals surface area contributed by atoms with Crippen LogP contribution in [-0.2, 0) is 14.8 Å². The van der Waals surface area contributed by atoms with Crippen LogP contribution in [0, 0.1) is 11.6 Å². The van der Waals surface area contributed by atoms with Crippen LogP contribution in [0.2, 0.25) is 0 Å². The van der Waals surface area contributed by atoms with Crippen LogP contribution in [-0.4, -0.2) is 51.6 Å². The number of halogens is 2. The minimum Gasteiger partial charge on any atom is -0.385 e. The van der Waals surface area contributed by atoms with Gasteiger partial charge in [0, 0.05) is 32.9 Å². The molecule has 1 amide bonds. The lowest BCUT2D eigenvalue weighted by atomic mass is 9.96. The second-order valence-electron chi connectivity index (χ2n) is 7.04. The summed E-state index contributed by atoms with van der Waals surface area (Å²) in [5.74, 6) is -2.33. The lowest BCUT2D eigenvalue weighted by Crippen LogP contribution is -2.51. The molecule has 0 aliphatic carbocycles. The normalized spacial score (nSPS) is 19.5. The SMILES string of the molecule is COCCC1(NS(=O)(=O)c2ccccc2)CCN(C(=O)c2ccc(F)cc2F)C1. The summed E-state index contributed by atoms with van der Waals surface area (Å²) in [6, 6.07) is 10.7. The molecule has 29 heavy (non-hydrogen) atoms. The van der Waals surface area contributed by atoms with Gasteiger partial charge in [0.25, 0.3) is 5.91 Å². The topological polar surface area (TPSA) is 75.7 Å². The molecule has 0 spiro atoms. The summed E-state index contributed by atoms with van der Waals surface area (Å²) in [5, 5.41) is 0. The van der Waals surface area contributed by atoms with E-state index in [1.54, 1.807) is 18.2 Å². The Hall–Kier alpha value is -2.36. The largest absolute Gasteiger partial charge is 0.385 e. The molecule has 1 heterocycles. The van der Waals surface area contributed by atoms with E-state index in [0.29, 0.717) is 18.9 Å². The molecule has 1 N–H and O–H groups in total. The number of sulfonamides is 1. The number of hydrogen-bond acceptors (Lipinski definition) is 4. The van der Waals surface area contributed by atoms with Crippen LogP contribution in [0.5, 0.6) is 0 Å². The number of methoxy groups -OCH3 is 1. The molecule has 3 rings (SSSR count). The third-order valence-corrected chi connectivity index (χ3v) is 6.59. The fourth-order valence-corrected chi connectivity index (χ4v) is 4.93. The maximum atomic E-state index is 14.0. The third-order valence-electron chi connectivity index (χ3n) is 4.99. The summed E-state index contributed by atoms with van der Waals surface area (Å²) < 4.78 is 60.7. The predicted octanol–water partition coefficient (Wildman–Crippen LogP) is 2.56. The first-order valence-corrected chi connectivity index (χ1v) is 10.6. The molecule has 1 saturated heterocycles. The van der Waals surface area contributed by atoms with E-state index in [9.17, 15) is 22.0 Å². The van der Waals surface area contributed by atoms with E-state index in [1.807, 2.05) is 0 Å². The zero-order chi connectivity index (χ0) is 21.1. The smallest absolute Gasteiger partial charge is 0.256 e. The molecule has 2 aromatic rings. The number of carbonyl (C=O) groups is 1. The number of benzene rings is 2. The number of hydrogen-bond donors (Lipinski definition) is 1. The highest BCUT2D eigenvalue weighted by molar-refractivity contribution is 7.89. The molecule has 1 unspecified atom stereocenters. The number of likely N-dealkylation sites (tertiary alicyclic amines) is 1. The first kappa shape index (κ1) is 21.4. The Morgan fingerprint density at radius 3 is 2.59 bits per heavy atom. The number of nitrogens with one attached hydrogen (secondary N) is 1. The van der Waals surface area contributed by atoms with Crippen molar-refractivity contribution in [1.29, 1.82) is 0 Å². The molecule has 6 nitrogen and oxygen atoms in total. The fraction of sp³-hybridized carbons (Fsp3) is 0.350. The van der Waals surface area contributed by atoms with Gasteiger partial charge in [-0.1, -0.05) is 18.2 Å². The molecule has 0 bridgehead atoms. The quantitative estimate of drug-likeness (QED) is 0.741. The molecule has 1 fully saturated rings. The number of rotatable bonds is 7. The van der Waals surface area contributed by atoms with Gasteiger partial charge in [0.2, 0.25) is 10.0 Å². The molecule has 0 radical (unpaired) electrons. The van der Waals surface area contributed by atoms with E-state index in [4.69, 9.17) is 4.74 Å². The summed E-state index contributed by atoms with van der Waals surface area (Å²) in [6.45, 7) is 0.568. The monoisotopic (exact) mass is 424 g/mol. The van der Waals surface area contributed by atoms with Crippen LogP contribution in [0.3, 0.4) is 0 Å². The van der Waals surface area contributed by atoms with E-state index >= 15 is 0 Å². The van der Waals surface area contributed by atoms with Gasteiger partial charge in [-0.15, -0.1) is 0 Å². The number of amides is 1. The van der Waals surface area contributed by atoms with Crippen LogP contribution in [0.4, 0.5) is 8.78 Å². The van der Waals surface area contributed by atoms with Gasteiger partial charge < -0.3 is 9.64 Å². The summed E-state index contributed by atoms with van der Waals surface area (Å²) in [6.07, 6.45) is 0.683. The van der Waals surface area contributed by atoms with Crippen molar-refractivity contribution in [2.24, 2.45) is 0 Å². The van der Waals surface area contributed by atoms with E-state index in [2.05, 4.69) is 4.72 Å². The average Bonchev–Trinajstić information content (AvgIpc) is 3.10.